The van der Waals surface area contributed by atoms with Gasteiger partial charge in [0.2, 0.25) is 0 Å². The molecule has 0 N–H and O–H groups in total. The number of hydrogen-bond acceptors (Lipinski definition) is 2. The smallest absolute Gasteiger partial charge is 0.255 e. The molecule has 5 heteroatoms. The Balaban J connectivity index is 2.07. The lowest BCUT2D eigenvalue weighted by molar-refractivity contribution is 0.0192. The first-order chi connectivity index (χ1) is 9.11. The molecule has 2 rings (SSSR count). The van der Waals surface area contributed by atoms with Gasteiger partial charge >= 0.3 is 0 Å². The molecule has 1 unspecified atom stereocenters. The summed E-state index contributed by atoms with van der Waals surface area (Å²) in [5.74, 6) is -0.307. The number of nitrogens with zero attached hydrogens (tertiary/aromatic N) is 2. The van der Waals surface area contributed by atoms with Gasteiger partial charge in [-0.3, -0.25) is 4.90 Å². The van der Waals surface area contributed by atoms with Gasteiger partial charge in [-0.2, -0.15) is 0 Å². The van der Waals surface area contributed by atoms with E-state index in [9.17, 15) is 13.2 Å². The zero-order chi connectivity index (χ0) is 13.8. The SMILES string of the molecule is CCCN1CCN(c2ccc(F)cc2)CC1C(F)F. The predicted octanol–water partition coefficient (Wildman–Crippen LogP) is 2.99. The number of benzene rings is 1. The molecule has 0 saturated carbocycles. The Labute approximate surface area is 111 Å². The number of alkyl halides is 2. The average Bonchev–Trinajstić information content (AvgIpc) is 2.40. The highest BCUT2D eigenvalue weighted by molar-refractivity contribution is 5.47. The molecule has 1 heterocycles. The highest BCUT2D eigenvalue weighted by atomic mass is 19.3. The van der Waals surface area contributed by atoms with Gasteiger partial charge in [-0.05, 0) is 37.2 Å². The summed E-state index contributed by atoms with van der Waals surface area (Å²) in [5.41, 5.74) is 0.809. The Bertz CT molecular complexity index is 394. The quantitative estimate of drug-likeness (QED) is 0.831. The van der Waals surface area contributed by atoms with Crippen LogP contribution in [-0.4, -0.2) is 43.5 Å². The van der Waals surface area contributed by atoms with E-state index in [1.165, 1.54) is 12.1 Å². The van der Waals surface area contributed by atoms with Gasteiger partial charge in [0, 0.05) is 25.3 Å². The van der Waals surface area contributed by atoms with E-state index in [0.717, 1.165) is 12.1 Å². The summed E-state index contributed by atoms with van der Waals surface area (Å²) in [6, 6.07) is 5.29. The molecule has 0 radical (unpaired) electrons. The molecule has 0 aromatic heterocycles. The van der Waals surface area contributed by atoms with Crippen molar-refractivity contribution in [1.82, 2.24) is 4.90 Å². The lowest BCUT2D eigenvalue weighted by Gasteiger charge is -2.42. The second-order valence-electron chi connectivity index (χ2n) is 4.86. The van der Waals surface area contributed by atoms with Gasteiger partial charge < -0.3 is 4.90 Å². The van der Waals surface area contributed by atoms with Crippen LogP contribution in [0.2, 0.25) is 0 Å². The standard InChI is InChI=1S/C14H19F3N2/c1-2-7-18-8-9-19(10-13(18)14(16)17)12-5-3-11(15)4-6-12/h3-6,13-14H,2,7-10H2,1H3. The van der Waals surface area contributed by atoms with Crippen LogP contribution in [-0.2, 0) is 0 Å². The molecule has 1 aromatic rings. The molecule has 0 spiro atoms. The van der Waals surface area contributed by atoms with Crippen molar-refractivity contribution in [3.63, 3.8) is 0 Å². The zero-order valence-corrected chi connectivity index (χ0v) is 11.0. The maximum atomic E-state index is 13.1. The molecular formula is C14H19F3N2. The van der Waals surface area contributed by atoms with Gasteiger partial charge in [-0.15, -0.1) is 0 Å². The Morgan fingerprint density at radius 2 is 1.89 bits per heavy atom. The van der Waals surface area contributed by atoms with Gasteiger partial charge in [0.25, 0.3) is 6.43 Å². The molecule has 1 fully saturated rings. The first-order valence-corrected chi connectivity index (χ1v) is 6.64. The summed E-state index contributed by atoms with van der Waals surface area (Å²) >= 11 is 0. The Morgan fingerprint density at radius 1 is 1.21 bits per heavy atom. The van der Waals surface area contributed by atoms with Crippen LogP contribution in [0, 0.1) is 5.82 Å². The monoisotopic (exact) mass is 272 g/mol. The van der Waals surface area contributed by atoms with Gasteiger partial charge in [-0.1, -0.05) is 6.92 Å². The van der Waals surface area contributed by atoms with Gasteiger partial charge in [0.15, 0.2) is 0 Å². The highest BCUT2D eigenvalue weighted by Gasteiger charge is 2.32. The second kappa shape index (κ2) is 6.28. The molecular weight excluding hydrogens is 253 g/mol. The van der Waals surface area contributed by atoms with Crippen molar-refractivity contribution < 1.29 is 13.2 Å². The molecule has 0 bridgehead atoms. The van der Waals surface area contributed by atoms with Crippen molar-refractivity contribution in [2.24, 2.45) is 0 Å². The minimum atomic E-state index is -2.35. The molecule has 1 aromatic carbocycles. The van der Waals surface area contributed by atoms with Gasteiger partial charge in [0.05, 0.1) is 6.04 Å². The summed E-state index contributed by atoms with van der Waals surface area (Å²) in [5, 5.41) is 0. The highest BCUT2D eigenvalue weighted by Crippen LogP contribution is 2.22. The third-order valence-corrected chi connectivity index (χ3v) is 3.53. The fraction of sp³-hybridized carbons (Fsp3) is 0.571. The Hall–Kier alpha value is -1.23. The third-order valence-electron chi connectivity index (χ3n) is 3.53. The molecule has 19 heavy (non-hydrogen) atoms. The van der Waals surface area contributed by atoms with Crippen molar-refractivity contribution in [2.75, 3.05) is 31.1 Å². The van der Waals surface area contributed by atoms with Crippen molar-refractivity contribution in [3.05, 3.63) is 30.1 Å². The normalized spacial score (nSPS) is 21.1. The van der Waals surface area contributed by atoms with E-state index >= 15 is 0 Å². The molecule has 1 aliphatic rings. The van der Waals surface area contributed by atoms with Gasteiger partial charge in [-0.25, -0.2) is 13.2 Å². The van der Waals surface area contributed by atoms with Crippen molar-refractivity contribution in [2.45, 2.75) is 25.8 Å². The van der Waals surface area contributed by atoms with E-state index in [-0.39, 0.29) is 5.82 Å². The van der Waals surface area contributed by atoms with Crippen LogP contribution in [0.5, 0.6) is 0 Å². The number of anilines is 1. The van der Waals surface area contributed by atoms with Crippen LogP contribution in [0.1, 0.15) is 13.3 Å². The topological polar surface area (TPSA) is 6.48 Å². The molecule has 106 valence electrons. The van der Waals surface area contributed by atoms with Crippen LogP contribution in [0.4, 0.5) is 18.9 Å². The zero-order valence-electron chi connectivity index (χ0n) is 11.0. The molecule has 1 atom stereocenters. The van der Waals surface area contributed by atoms with Crippen LogP contribution in [0.15, 0.2) is 24.3 Å². The average molecular weight is 272 g/mol. The summed E-state index contributed by atoms with van der Waals surface area (Å²) in [7, 11) is 0. The maximum absolute atomic E-state index is 13.1. The minimum absolute atomic E-state index is 0.295. The first-order valence-electron chi connectivity index (χ1n) is 6.64. The van der Waals surface area contributed by atoms with Crippen molar-refractivity contribution in [1.29, 1.82) is 0 Å². The molecule has 0 amide bonds. The van der Waals surface area contributed by atoms with Crippen molar-refractivity contribution >= 4 is 5.69 Å². The number of rotatable bonds is 4. The van der Waals surface area contributed by atoms with Gasteiger partial charge in [0.1, 0.15) is 5.82 Å². The maximum Gasteiger partial charge on any atom is 0.255 e. The number of hydrogen-bond donors (Lipinski definition) is 0. The van der Waals surface area contributed by atoms with E-state index in [4.69, 9.17) is 0 Å². The summed E-state index contributed by atoms with van der Waals surface area (Å²) < 4.78 is 39.1. The largest absolute Gasteiger partial charge is 0.368 e. The van der Waals surface area contributed by atoms with E-state index in [0.29, 0.717) is 26.2 Å². The second-order valence-corrected chi connectivity index (χ2v) is 4.86. The van der Waals surface area contributed by atoms with Crippen molar-refractivity contribution in [3.8, 4) is 0 Å². The predicted molar refractivity (Wildman–Crippen MR) is 70.3 cm³/mol. The summed E-state index contributed by atoms with van der Waals surface area (Å²) in [6.45, 7) is 4.32. The van der Waals surface area contributed by atoms with Crippen LogP contribution in [0.3, 0.4) is 0 Å². The summed E-state index contributed by atoms with van der Waals surface area (Å²) in [4.78, 5) is 3.76. The molecule has 1 saturated heterocycles. The van der Waals surface area contributed by atoms with E-state index in [1.54, 1.807) is 12.1 Å². The lowest BCUT2D eigenvalue weighted by Crippen LogP contribution is -2.56. The first kappa shape index (κ1) is 14.2. The Morgan fingerprint density at radius 3 is 2.47 bits per heavy atom. The summed E-state index contributed by atoms with van der Waals surface area (Å²) in [6.07, 6.45) is -1.48. The minimum Gasteiger partial charge on any atom is -0.368 e. The number of halogens is 3. The van der Waals surface area contributed by atoms with Crippen LogP contribution < -0.4 is 4.90 Å². The third kappa shape index (κ3) is 3.41. The Kier molecular flexibility index (Phi) is 4.69. The van der Waals surface area contributed by atoms with E-state index in [2.05, 4.69) is 0 Å². The van der Waals surface area contributed by atoms with E-state index < -0.39 is 12.5 Å². The van der Waals surface area contributed by atoms with Crippen LogP contribution in [0.25, 0.3) is 0 Å². The fourth-order valence-electron chi connectivity index (χ4n) is 2.54. The molecule has 2 nitrogen and oxygen atoms in total. The lowest BCUT2D eigenvalue weighted by atomic mass is 10.1. The van der Waals surface area contributed by atoms with Crippen LogP contribution >= 0.6 is 0 Å². The molecule has 0 aliphatic carbocycles. The molecule has 1 aliphatic heterocycles. The van der Waals surface area contributed by atoms with E-state index in [1.807, 2.05) is 16.7 Å². The fourth-order valence-corrected chi connectivity index (χ4v) is 2.54. The number of piperazine rings is 1.